The number of urea groups is 1. The number of aliphatic hydroxyl groups is 1. The van der Waals surface area contributed by atoms with Crippen molar-refractivity contribution in [3.63, 3.8) is 0 Å². The average molecular weight is 439 g/mol. The van der Waals surface area contributed by atoms with E-state index in [0.29, 0.717) is 60.6 Å². The van der Waals surface area contributed by atoms with E-state index < -0.39 is 17.7 Å². The van der Waals surface area contributed by atoms with Crippen LogP contribution in [-0.2, 0) is 0 Å². The summed E-state index contributed by atoms with van der Waals surface area (Å²) < 4.78 is 28.2. The average Bonchev–Trinajstić information content (AvgIpc) is 3.44. The lowest BCUT2D eigenvalue weighted by molar-refractivity contribution is 0.176. The lowest BCUT2D eigenvalue weighted by atomic mass is 10.0. The van der Waals surface area contributed by atoms with Gasteiger partial charge in [-0.15, -0.1) is 0 Å². The van der Waals surface area contributed by atoms with Crippen LogP contribution in [0.5, 0.6) is 0 Å². The minimum Gasteiger partial charge on any atom is -0.391 e. The van der Waals surface area contributed by atoms with Gasteiger partial charge in [0, 0.05) is 25.2 Å². The predicted molar refractivity (Wildman–Crippen MR) is 116 cm³/mol. The highest BCUT2D eigenvalue weighted by Gasteiger charge is 2.30. The molecule has 7 nitrogen and oxygen atoms in total. The van der Waals surface area contributed by atoms with Crippen LogP contribution in [0.1, 0.15) is 30.9 Å². The van der Waals surface area contributed by atoms with Gasteiger partial charge in [-0.3, -0.25) is 4.98 Å². The van der Waals surface area contributed by atoms with Crippen LogP contribution in [-0.4, -0.2) is 51.7 Å². The number of β-amino-alcohol motifs (C(OH)–C–C–N with tert-alkyl or cyclic N) is 1. The third kappa shape index (κ3) is 3.95. The van der Waals surface area contributed by atoms with Gasteiger partial charge >= 0.3 is 6.03 Å². The molecule has 0 unspecified atom stereocenters. The number of hydrogen-bond donors (Lipinski definition) is 2. The topological polar surface area (TPSA) is 81.6 Å². The summed E-state index contributed by atoms with van der Waals surface area (Å²) in [5, 5.41) is 12.4. The smallest absolute Gasteiger partial charge is 0.321 e. The minimum atomic E-state index is -0.490. The van der Waals surface area contributed by atoms with E-state index in [2.05, 4.69) is 10.3 Å². The standard InChI is InChI=1S/C23H23F2N5O2/c24-14-3-4-18(25)17(10-14)21-2-1-8-30(21)22-6-5-19-20(28-22)11-15(12-26-19)27-23(32)29-9-7-16(31)13-29/h3-6,10-12,16,21,31H,1-2,7-9,13H2,(H,27,32)/t16-,21+/m0/s1. The molecule has 2 aromatic heterocycles. The van der Waals surface area contributed by atoms with Gasteiger partial charge in [-0.2, -0.15) is 0 Å². The highest BCUT2D eigenvalue weighted by molar-refractivity contribution is 5.91. The fraction of sp³-hybridized carbons (Fsp3) is 0.348. The predicted octanol–water partition coefficient (Wildman–Crippen LogP) is 3.85. The summed E-state index contributed by atoms with van der Waals surface area (Å²) in [6.45, 7) is 1.49. The van der Waals surface area contributed by atoms with Gasteiger partial charge in [0.1, 0.15) is 17.5 Å². The maximum Gasteiger partial charge on any atom is 0.321 e. The molecule has 0 bridgehead atoms. The van der Waals surface area contributed by atoms with Crippen LogP contribution < -0.4 is 10.2 Å². The number of likely N-dealkylation sites (tertiary alicyclic amines) is 1. The molecule has 2 saturated heterocycles. The van der Waals surface area contributed by atoms with E-state index in [4.69, 9.17) is 4.98 Å². The van der Waals surface area contributed by atoms with Crippen molar-refractivity contribution in [3.8, 4) is 0 Å². The van der Waals surface area contributed by atoms with E-state index in [9.17, 15) is 18.7 Å². The molecule has 2 N–H and O–H groups in total. The van der Waals surface area contributed by atoms with E-state index in [1.54, 1.807) is 17.2 Å². The number of amides is 2. The molecule has 32 heavy (non-hydrogen) atoms. The number of nitrogens with one attached hydrogen (secondary N) is 1. The number of halogens is 2. The van der Waals surface area contributed by atoms with Gasteiger partial charge in [0.2, 0.25) is 0 Å². The van der Waals surface area contributed by atoms with Gasteiger partial charge in [0.15, 0.2) is 0 Å². The van der Waals surface area contributed by atoms with Gasteiger partial charge in [-0.1, -0.05) is 0 Å². The van der Waals surface area contributed by atoms with Crippen molar-refractivity contribution < 1.29 is 18.7 Å². The molecule has 2 aliphatic rings. The molecule has 9 heteroatoms. The summed E-state index contributed by atoms with van der Waals surface area (Å²) in [5.41, 5.74) is 2.09. The molecule has 0 spiro atoms. The molecule has 0 saturated carbocycles. The van der Waals surface area contributed by atoms with Crippen molar-refractivity contribution in [3.05, 3.63) is 59.8 Å². The Hall–Kier alpha value is -3.33. The quantitative estimate of drug-likeness (QED) is 0.648. The maximum atomic E-state index is 14.4. The number of anilines is 2. The van der Waals surface area contributed by atoms with E-state index in [1.165, 1.54) is 6.07 Å². The molecule has 1 aromatic carbocycles. The Labute approximate surface area is 183 Å². The molecular weight excluding hydrogens is 416 g/mol. The lowest BCUT2D eigenvalue weighted by Gasteiger charge is -2.26. The third-order valence-corrected chi connectivity index (χ3v) is 6.09. The Morgan fingerprint density at radius 2 is 1.97 bits per heavy atom. The second-order valence-corrected chi connectivity index (χ2v) is 8.27. The zero-order valence-corrected chi connectivity index (χ0v) is 17.3. The zero-order chi connectivity index (χ0) is 22.2. The van der Waals surface area contributed by atoms with Gasteiger partial charge in [0.05, 0.1) is 35.1 Å². The van der Waals surface area contributed by atoms with E-state index in [1.807, 2.05) is 17.0 Å². The summed E-state index contributed by atoms with van der Waals surface area (Å²) in [5.74, 6) is -0.241. The molecule has 2 amide bonds. The summed E-state index contributed by atoms with van der Waals surface area (Å²) in [6, 6.07) is 8.34. The molecule has 5 rings (SSSR count). The zero-order valence-electron chi connectivity index (χ0n) is 17.3. The SMILES string of the molecule is O=C(Nc1cnc2ccc(N3CCC[C@@H]3c3cc(F)ccc3F)nc2c1)N1CC[C@H](O)C1. The first-order valence-corrected chi connectivity index (χ1v) is 10.7. The van der Waals surface area contributed by atoms with E-state index in [0.717, 1.165) is 18.6 Å². The molecule has 2 aliphatic heterocycles. The molecular formula is C23H23F2N5O2. The maximum absolute atomic E-state index is 14.4. The first kappa shape index (κ1) is 20.6. The first-order valence-electron chi connectivity index (χ1n) is 10.7. The number of fused-ring (bicyclic) bond motifs is 1. The fourth-order valence-corrected chi connectivity index (χ4v) is 4.49. The van der Waals surface area contributed by atoms with Crippen LogP contribution >= 0.6 is 0 Å². The lowest BCUT2D eigenvalue weighted by Crippen LogP contribution is -2.33. The van der Waals surface area contributed by atoms with Gasteiger partial charge in [-0.25, -0.2) is 18.6 Å². The third-order valence-electron chi connectivity index (χ3n) is 6.09. The summed E-state index contributed by atoms with van der Waals surface area (Å²) >= 11 is 0. The first-order chi connectivity index (χ1) is 15.5. The Bertz CT molecular complexity index is 1170. The number of carbonyl (C=O) groups is 1. The van der Waals surface area contributed by atoms with Crippen LogP contribution in [0.2, 0.25) is 0 Å². The van der Waals surface area contributed by atoms with Gasteiger partial charge in [-0.05, 0) is 55.7 Å². The Morgan fingerprint density at radius 1 is 1.09 bits per heavy atom. The van der Waals surface area contributed by atoms with Crippen LogP contribution in [0.15, 0.2) is 42.6 Å². The largest absolute Gasteiger partial charge is 0.391 e. The van der Waals surface area contributed by atoms with Crippen molar-refractivity contribution in [1.29, 1.82) is 0 Å². The minimum absolute atomic E-state index is 0.292. The van der Waals surface area contributed by atoms with Crippen LogP contribution in [0.25, 0.3) is 11.0 Å². The monoisotopic (exact) mass is 439 g/mol. The van der Waals surface area contributed by atoms with Gasteiger partial charge < -0.3 is 20.2 Å². The van der Waals surface area contributed by atoms with Crippen molar-refractivity contribution in [2.75, 3.05) is 29.9 Å². The number of pyridine rings is 2. The molecule has 2 fully saturated rings. The number of rotatable bonds is 3. The van der Waals surface area contributed by atoms with Crippen LogP contribution in [0.3, 0.4) is 0 Å². The molecule has 0 aliphatic carbocycles. The number of nitrogens with zero attached hydrogens (tertiary/aromatic N) is 4. The number of aliphatic hydroxyl groups excluding tert-OH is 1. The Balaban J connectivity index is 1.41. The fourth-order valence-electron chi connectivity index (χ4n) is 4.49. The molecule has 2 atom stereocenters. The number of carbonyl (C=O) groups excluding carboxylic acids is 1. The summed E-state index contributed by atoms with van der Waals surface area (Å²) in [7, 11) is 0. The van der Waals surface area contributed by atoms with Crippen molar-refractivity contribution >= 4 is 28.6 Å². The molecule has 0 radical (unpaired) electrons. The molecule has 3 aromatic rings. The van der Waals surface area contributed by atoms with Crippen LogP contribution in [0.4, 0.5) is 25.1 Å². The second kappa shape index (κ2) is 8.31. The highest BCUT2D eigenvalue weighted by atomic mass is 19.1. The number of hydrogen-bond acceptors (Lipinski definition) is 5. The number of aromatic nitrogens is 2. The van der Waals surface area contributed by atoms with Crippen molar-refractivity contribution in [1.82, 2.24) is 14.9 Å². The Kier molecular flexibility index (Phi) is 5.34. The highest BCUT2D eigenvalue weighted by Crippen LogP contribution is 2.37. The Morgan fingerprint density at radius 3 is 2.78 bits per heavy atom. The van der Waals surface area contributed by atoms with E-state index >= 15 is 0 Å². The van der Waals surface area contributed by atoms with Crippen LogP contribution in [0, 0.1) is 11.6 Å². The van der Waals surface area contributed by atoms with Crippen molar-refractivity contribution in [2.24, 2.45) is 0 Å². The number of benzene rings is 1. The van der Waals surface area contributed by atoms with E-state index in [-0.39, 0.29) is 12.1 Å². The van der Waals surface area contributed by atoms with Crippen molar-refractivity contribution in [2.45, 2.75) is 31.4 Å². The normalized spacial score (nSPS) is 20.8. The summed E-state index contributed by atoms with van der Waals surface area (Å²) in [6.07, 6.45) is 3.19. The summed E-state index contributed by atoms with van der Waals surface area (Å²) in [4.78, 5) is 25.0. The molecule has 166 valence electrons. The molecule has 4 heterocycles. The van der Waals surface area contributed by atoms with Gasteiger partial charge in [0.25, 0.3) is 0 Å². The second-order valence-electron chi connectivity index (χ2n) is 8.27.